The molecule has 0 spiro atoms. The lowest BCUT2D eigenvalue weighted by Crippen LogP contribution is -2.11. The summed E-state index contributed by atoms with van der Waals surface area (Å²) in [4.78, 5) is 4.41. The minimum atomic E-state index is 0.739. The molecule has 1 aliphatic rings. The number of nitrogens with zero attached hydrogens (tertiary/aromatic N) is 3. The Morgan fingerprint density at radius 1 is 1.41 bits per heavy atom. The molecule has 1 saturated carbocycles. The van der Waals surface area contributed by atoms with Crippen molar-refractivity contribution in [1.82, 2.24) is 14.6 Å². The Morgan fingerprint density at radius 2 is 2.35 bits per heavy atom. The van der Waals surface area contributed by atoms with Crippen LogP contribution in [0.15, 0.2) is 24.5 Å². The van der Waals surface area contributed by atoms with Gasteiger partial charge in [-0.2, -0.15) is 5.10 Å². The Labute approximate surface area is 99.8 Å². The first-order chi connectivity index (χ1) is 8.42. The number of aromatic nitrogens is 3. The molecule has 5 nitrogen and oxygen atoms in total. The van der Waals surface area contributed by atoms with E-state index in [-0.39, 0.29) is 0 Å². The Morgan fingerprint density at radius 3 is 3.24 bits per heavy atom. The molecule has 1 aliphatic carbocycles. The van der Waals surface area contributed by atoms with Crippen molar-refractivity contribution in [3.05, 3.63) is 24.5 Å². The van der Waals surface area contributed by atoms with E-state index in [1.54, 1.807) is 10.7 Å². The molecule has 0 saturated heterocycles. The smallest absolute Gasteiger partial charge is 0.157 e. The van der Waals surface area contributed by atoms with Gasteiger partial charge in [0.25, 0.3) is 0 Å². The van der Waals surface area contributed by atoms with Gasteiger partial charge in [-0.25, -0.2) is 9.50 Å². The molecule has 0 unspecified atom stereocenters. The molecule has 1 N–H and O–H groups in total. The topological polar surface area (TPSA) is 51.5 Å². The molecule has 0 radical (unpaired) electrons. The Hall–Kier alpha value is -1.62. The number of hydrogen-bond donors (Lipinski definition) is 1. The zero-order valence-corrected chi connectivity index (χ0v) is 9.67. The van der Waals surface area contributed by atoms with Gasteiger partial charge in [0.05, 0.1) is 12.8 Å². The molecule has 90 valence electrons. The molecule has 2 heterocycles. The Kier molecular flexibility index (Phi) is 2.92. The molecule has 0 amide bonds. The van der Waals surface area contributed by atoms with Crippen LogP contribution in [0.4, 0.5) is 5.82 Å². The number of hydrogen-bond acceptors (Lipinski definition) is 4. The summed E-state index contributed by atoms with van der Waals surface area (Å²) >= 11 is 0. The molecule has 0 atom stereocenters. The maximum Gasteiger partial charge on any atom is 0.157 e. The van der Waals surface area contributed by atoms with Crippen molar-refractivity contribution in [2.75, 3.05) is 25.1 Å². The van der Waals surface area contributed by atoms with Gasteiger partial charge >= 0.3 is 0 Å². The van der Waals surface area contributed by atoms with Crippen LogP contribution in [0, 0.1) is 5.92 Å². The van der Waals surface area contributed by atoms with Crippen molar-refractivity contribution < 1.29 is 4.74 Å². The highest BCUT2D eigenvalue weighted by atomic mass is 16.5. The SMILES string of the molecule is c1cc2nc(NCCOCC3CC3)ccn2n1. The maximum atomic E-state index is 5.54. The van der Waals surface area contributed by atoms with Crippen LogP contribution in [0.1, 0.15) is 12.8 Å². The summed E-state index contributed by atoms with van der Waals surface area (Å²) in [6.45, 7) is 2.45. The van der Waals surface area contributed by atoms with Gasteiger partial charge in [-0.15, -0.1) is 0 Å². The zero-order valence-electron chi connectivity index (χ0n) is 9.67. The van der Waals surface area contributed by atoms with Gasteiger partial charge in [0.2, 0.25) is 0 Å². The van der Waals surface area contributed by atoms with E-state index in [9.17, 15) is 0 Å². The first-order valence-corrected chi connectivity index (χ1v) is 6.04. The monoisotopic (exact) mass is 232 g/mol. The van der Waals surface area contributed by atoms with Crippen LogP contribution in [-0.4, -0.2) is 34.4 Å². The third-order valence-electron chi connectivity index (χ3n) is 2.86. The average molecular weight is 232 g/mol. The van der Waals surface area contributed by atoms with Gasteiger partial charge in [-0.1, -0.05) is 0 Å². The number of fused-ring (bicyclic) bond motifs is 1. The number of anilines is 1. The third kappa shape index (κ3) is 2.74. The second-order valence-corrected chi connectivity index (χ2v) is 4.39. The highest BCUT2D eigenvalue weighted by molar-refractivity contribution is 5.45. The fraction of sp³-hybridized carbons (Fsp3) is 0.500. The van der Waals surface area contributed by atoms with E-state index < -0.39 is 0 Å². The lowest BCUT2D eigenvalue weighted by atomic mass is 10.5. The summed E-state index contributed by atoms with van der Waals surface area (Å²) in [5.74, 6) is 1.70. The highest BCUT2D eigenvalue weighted by Crippen LogP contribution is 2.28. The molecule has 1 fully saturated rings. The van der Waals surface area contributed by atoms with Crippen molar-refractivity contribution in [3.63, 3.8) is 0 Å². The van der Waals surface area contributed by atoms with Crippen molar-refractivity contribution >= 4 is 11.5 Å². The Balaban J connectivity index is 1.46. The van der Waals surface area contributed by atoms with Gasteiger partial charge in [0, 0.05) is 25.4 Å². The maximum absolute atomic E-state index is 5.54. The Bertz CT molecular complexity index is 492. The molecule has 2 aromatic rings. The largest absolute Gasteiger partial charge is 0.379 e. The van der Waals surface area contributed by atoms with E-state index in [0.29, 0.717) is 0 Å². The minimum absolute atomic E-state index is 0.739. The van der Waals surface area contributed by atoms with Crippen LogP contribution >= 0.6 is 0 Å². The molecule has 3 rings (SSSR count). The second kappa shape index (κ2) is 4.71. The molecule has 2 aromatic heterocycles. The molecular formula is C12H16N4O. The van der Waals surface area contributed by atoms with E-state index in [1.165, 1.54) is 12.8 Å². The molecule has 0 aliphatic heterocycles. The molecule has 0 bridgehead atoms. The minimum Gasteiger partial charge on any atom is -0.379 e. The van der Waals surface area contributed by atoms with Crippen LogP contribution in [0.5, 0.6) is 0 Å². The number of ether oxygens (including phenoxy) is 1. The van der Waals surface area contributed by atoms with Gasteiger partial charge in [-0.05, 0) is 24.8 Å². The van der Waals surface area contributed by atoms with Gasteiger partial charge in [0.1, 0.15) is 5.82 Å². The molecule has 5 heteroatoms. The standard InChI is InChI=1S/C12H16N4O/c1-2-10(1)9-17-8-6-13-11-4-7-16-12(15-11)3-5-14-16/h3-5,7,10H,1-2,6,8-9H2,(H,13,15). The number of rotatable bonds is 6. The lowest BCUT2D eigenvalue weighted by Gasteiger charge is -2.06. The van der Waals surface area contributed by atoms with Gasteiger partial charge in [-0.3, -0.25) is 0 Å². The van der Waals surface area contributed by atoms with Crippen LogP contribution in [0.3, 0.4) is 0 Å². The third-order valence-corrected chi connectivity index (χ3v) is 2.86. The quantitative estimate of drug-likeness (QED) is 0.768. The average Bonchev–Trinajstić information content (AvgIpc) is 3.05. The fourth-order valence-electron chi connectivity index (χ4n) is 1.70. The second-order valence-electron chi connectivity index (χ2n) is 4.39. The predicted molar refractivity (Wildman–Crippen MR) is 65.0 cm³/mol. The van der Waals surface area contributed by atoms with Crippen LogP contribution < -0.4 is 5.32 Å². The van der Waals surface area contributed by atoms with E-state index in [4.69, 9.17) is 4.74 Å². The molecule has 0 aromatic carbocycles. The molecular weight excluding hydrogens is 216 g/mol. The van der Waals surface area contributed by atoms with Crippen molar-refractivity contribution in [1.29, 1.82) is 0 Å². The highest BCUT2D eigenvalue weighted by Gasteiger charge is 2.20. The van der Waals surface area contributed by atoms with Gasteiger partial charge < -0.3 is 10.1 Å². The normalized spacial score (nSPS) is 15.3. The van der Waals surface area contributed by atoms with Crippen molar-refractivity contribution in [3.8, 4) is 0 Å². The summed E-state index contributed by atoms with van der Waals surface area (Å²) in [5, 5.41) is 7.34. The van der Waals surface area contributed by atoms with Crippen LogP contribution in [0.2, 0.25) is 0 Å². The predicted octanol–water partition coefficient (Wildman–Crippen LogP) is 1.57. The van der Waals surface area contributed by atoms with Gasteiger partial charge in [0.15, 0.2) is 5.65 Å². The van der Waals surface area contributed by atoms with Crippen LogP contribution in [-0.2, 0) is 4.74 Å². The van der Waals surface area contributed by atoms with E-state index in [0.717, 1.165) is 37.1 Å². The summed E-state index contributed by atoms with van der Waals surface area (Å²) < 4.78 is 7.29. The summed E-state index contributed by atoms with van der Waals surface area (Å²) in [5.41, 5.74) is 0.855. The first kappa shape index (κ1) is 10.5. The van der Waals surface area contributed by atoms with E-state index >= 15 is 0 Å². The fourth-order valence-corrected chi connectivity index (χ4v) is 1.70. The lowest BCUT2D eigenvalue weighted by molar-refractivity contribution is 0.134. The number of nitrogens with one attached hydrogen (secondary N) is 1. The summed E-state index contributed by atoms with van der Waals surface area (Å²) in [7, 11) is 0. The van der Waals surface area contributed by atoms with Crippen LogP contribution in [0.25, 0.3) is 5.65 Å². The van der Waals surface area contributed by atoms with Crippen molar-refractivity contribution in [2.45, 2.75) is 12.8 Å². The van der Waals surface area contributed by atoms with E-state index in [2.05, 4.69) is 15.4 Å². The zero-order chi connectivity index (χ0) is 11.5. The molecule has 17 heavy (non-hydrogen) atoms. The van der Waals surface area contributed by atoms with E-state index in [1.807, 2.05) is 18.3 Å². The summed E-state index contributed by atoms with van der Waals surface area (Å²) in [6, 6.07) is 3.80. The first-order valence-electron chi connectivity index (χ1n) is 6.04. The summed E-state index contributed by atoms with van der Waals surface area (Å²) in [6.07, 6.45) is 6.32. The van der Waals surface area contributed by atoms with Crippen molar-refractivity contribution in [2.24, 2.45) is 5.92 Å².